The molecule has 0 bridgehead atoms. The zero-order valence-electron chi connectivity index (χ0n) is 19.7. The summed E-state index contributed by atoms with van der Waals surface area (Å²) in [5.41, 5.74) is 1.96. The zero-order valence-corrected chi connectivity index (χ0v) is 24.4. The average Bonchev–Trinajstić information content (AvgIpc) is 2.86. The molecule has 1 aliphatic rings. The van der Waals surface area contributed by atoms with Crippen molar-refractivity contribution in [2.24, 2.45) is 5.92 Å². The summed E-state index contributed by atoms with van der Waals surface area (Å²) < 4.78 is 35.5. The van der Waals surface area contributed by atoms with E-state index in [0.717, 1.165) is 28.4 Å². The van der Waals surface area contributed by atoms with Crippen LogP contribution in [0.15, 0.2) is 80.6 Å². The van der Waals surface area contributed by atoms with E-state index in [0.29, 0.717) is 34.9 Å². The predicted octanol–water partition coefficient (Wildman–Crippen LogP) is 7.43. The van der Waals surface area contributed by atoms with E-state index in [2.05, 4.69) is 38.8 Å². The number of rotatable bonds is 7. The SMILES string of the molecule is CC1CCN(S(=O)(=O)c2cc(C(=O)OC(Cc3ccc(Br)cc3)c3ccc(Cl)cc3)ccc2Br)CC1. The molecule has 3 aromatic rings. The first-order chi connectivity index (χ1) is 17.1. The molecule has 3 aromatic carbocycles. The largest absolute Gasteiger partial charge is 0.454 e. The first-order valence-corrected chi connectivity index (χ1v) is 15.0. The maximum atomic E-state index is 13.4. The Kier molecular flexibility index (Phi) is 8.94. The number of benzene rings is 3. The molecule has 1 saturated heterocycles. The number of halogens is 3. The summed E-state index contributed by atoms with van der Waals surface area (Å²) in [5, 5.41) is 0.585. The van der Waals surface area contributed by atoms with Crippen LogP contribution in [0.5, 0.6) is 0 Å². The van der Waals surface area contributed by atoms with Gasteiger partial charge in [0.2, 0.25) is 10.0 Å². The highest BCUT2D eigenvalue weighted by Crippen LogP contribution is 2.31. The molecule has 0 N–H and O–H groups in total. The van der Waals surface area contributed by atoms with Crippen LogP contribution in [0.3, 0.4) is 0 Å². The highest BCUT2D eigenvalue weighted by atomic mass is 79.9. The summed E-state index contributed by atoms with van der Waals surface area (Å²) in [6.07, 6.45) is 1.51. The molecule has 0 aliphatic carbocycles. The third-order valence-corrected chi connectivity index (χ3v) is 10.0. The van der Waals surface area contributed by atoms with Gasteiger partial charge in [0, 0.05) is 33.5 Å². The van der Waals surface area contributed by atoms with Gasteiger partial charge in [-0.2, -0.15) is 4.31 Å². The molecular formula is C27H26Br2ClNO4S. The molecule has 1 heterocycles. The van der Waals surface area contributed by atoms with Crippen molar-refractivity contribution >= 4 is 59.5 Å². The van der Waals surface area contributed by atoms with Crippen molar-refractivity contribution in [3.8, 4) is 0 Å². The summed E-state index contributed by atoms with van der Waals surface area (Å²) >= 11 is 12.9. The molecule has 0 aromatic heterocycles. The van der Waals surface area contributed by atoms with Crippen LogP contribution < -0.4 is 0 Å². The zero-order chi connectivity index (χ0) is 25.9. The Morgan fingerprint density at radius 2 is 1.67 bits per heavy atom. The van der Waals surface area contributed by atoms with Gasteiger partial charge in [-0.05, 0) is 88.3 Å². The van der Waals surface area contributed by atoms with Gasteiger partial charge in [0.05, 0.1) is 10.5 Å². The fourth-order valence-electron chi connectivity index (χ4n) is 4.13. The molecule has 1 unspecified atom stereocenters. The monoisotopic (exact) mass is 653 g/mol. The fourth-order valence-corrected chi connectivity index (χ4v) is 6.94. The van der Waals surface area contributed by atoms with Crippen LogP contribution in [0.4, 0.5) is 0 Å². The van der Waals surface area contributed by atoms with Crippen LogP contribution in [0.2, 0.25) is 5.02 Å². The summed E-state index contributed by atoms with van der Waals surface area (Å²) in [6.45, 7) is 3.06. The number of nitrogens with zero attached hydrogens (tertiary/aromatic N) is 1. The van der Waals surface area contributed by atoms with E-state index in [9.17, 15) is 13.2 Å². The molecule has 0 radical (unpaired) electrons. The summed E-state index contributed by atoms with van der Waals surface area (Å²) in [6, 6.07) is 19.5. The Morgan fingerprint density at radius 3 is 2.31 bits per heavy atom. The minimum Gasteiger partial charge on any atom is -0.454 e. The fraction of sp³-hybridized carbons (Fsp3) is 0.296. The van der Waals surface area contributed by atoms with E-state index in [1.165, 1.54) is 10.4 Å². The highest BCUT2D eigenvalue weighted by Gasteiger charge is 2.31. The van der Waals surface area contributed by atoms with Crippen LogP contribution in [0.25, 0.3) is 0 Å². The Hall–Kier alpha value is -1.71. The van der Waals surface area contributed by atoms with E-state index < -0.39 is 22.1 Å². The molecule has 190 valence electrons. The molecule has 0 spiro atoms. The van der Waals surface area contributed by atoms with E-state index in [1.807, 2.05) is 36.4 Å². The number of esters is 1. The van der Waals surface area contributed by atoms with E-state index in [1.54, 1.807) is 24.3 Å². The summed E-state index contributed by atoms with van der Waals surface area (Å²) in [4.78, 5) is 13.3. The van der Waals surface area contributed by atoms with Crippen LogP contribution >= 0.6 is 43.5 Å². The minimum absolute atomic E-state index is 0.0717. The second-order valence-electron chi connectivity index (χ2n) is 9.01. The normalized spacial score (nSPS) is 16.0. The van der Waals surface area contributed by atoms with Gasteiger partial charge in [-0.15, -0.1) is 0 Å². The first-order valence-electron chi connectivity index (χ1n) is 11.6. The first kappa shape index (κ1) is 27.3. The number of carbonyl (C=O) groups excluding carboxylic acids is 1. The second kappa shape index (κ2) is 11.8. The number of ether oxygens (including phenoxy) is 1. The highest BCUT2D eigenvalue weighted by molar-refractivity contribution is 9.10. The van der Waals surface area contributed by atoms with Crippen LogP contribution in [0, 0.1) is 5.92 Å². The molecule has 0 amide bonds. The third-order valence-electron chi connectivity index (χ3n) is 6.35. The summed E-state index contributed by atoms with van der Waals surface area (Å²) in [5.74, 6) is -0.0972. The van der Waals surface area contributed by atoms with Crippen LogP contribution in [-0.2, 0) is 21.2 Å². The van der Waals surface area contributed by atoms with Gasteiger partial charge in [-0.1, -0.05) is 58.7 Å². The molecule has 0 saturated carbocycles. The predicted molar refractivity (Wildman–Crippen MR) is 149 cm³/mol. The molecule has 1 aliphatic heterocycles. The molecule has 1 atom stereocenters. The van der Waals surface area contributed by atoms with Crippen molar-refractivity contribution in [1.29, 1.82) is 0 Å². The lowest BCUT2D eigenvalue weighted by molar-refractivity contribution is 0.0297. The lowest BCUT2D eigenvalue weighted by atomic mass is 10.0. The quantitative estimate of drug-likeness (QED) is 0.249. The average molecular weight is 656 g/mol. The van der Waals surface area contributed by atoms with Crippen molar-refractivity contribution in [1.82, 2.24) is 4.31 Å². The lowest BCUT2D eigenvalue weighted by Gasteiger charge is -2.29. The smallest absolute Gasteiger partial charge is 0.338 e. The molecule has 1 fully saturated rings. The number of piperidine rings is 1. The van der Waals surface area contributed by atoms with Crippen molar-refractivity contribution < 1.29 is 17.9 Å². The lowest BCUT2D eigenvalue weighted by Crippen LogP contribution is -2.38. The second-order valence-corrected chi connectivity index (χ2v) is 13.1. The minimum atomic E-state index is -3.75. The van der Waals surface area contributed by atoms with Gasteiger partial charge >= 0.3 is 5.97 Å². The van der Waals surface area contributed by atoms with Gasteiger partial charge in [-0.3, -0.25) is 0 Å². The molecule has 5 nitrogen and oxygen atoms in total. The van der Waals surface area contributed by atoms with Crippen LogP contribution in [0.1, 0.15) is 47.4 Å². The van der Waals surface area contributed by atoms with E-state index >= 15 is 0 Å². The Morgan fingerprint density at radius 1 is 1.03 bits per heavy atom. The van der Waals surface area contributed by atoms with Gasteiger partial charge < -0.3 is 4.74 Å². The van der Waals surface area contributed by atoms with Crippen molar-refractivity contribution in [2.75, 3.05) is 13.1 Å². The summed E-state index contributed by atoms with van der Waals surface area (Å²) in [7, 11) is -3.75. The van der Waals surface area contributed by atoms with Crippen molar-refractivity contribution in [3.05, 3.63) is 97.4 Å². The molecular weight excluding hydrogens is 630 g/mol. The number of hydrogen-bond donors (Lipinski definition) is 0. The van der Waals surface area contributed by atoms with Gasteiger partial charge in [0.15, 0.2) is 0 Å². The van der Waals surface area contributed by atoms with Gasteiger partial charge in [0.1, 0.15) is 6.10 Å². The van der Waals surface area contributed by atoms with Crippen molar-refractivity contribution in [2.45, 2.75) is 37.2 Å². The third kappa shape index (κ3) is 6.58. The number of sulfonamides is 1. The molecule has 4 rings (SSSR count). The van der Waals surface area contributed by atoms with E-state index in [-0.39, 0.29) is 10.5 Å². The van der Waals surface area contributed by atoms with Gasteiger partial charge in [0.25, 0.3) is 0 Å². The molecule has 36 heavy (non-hydrogen) atoms. The molecule has 9 heteroatoms. The number of hydrogen-bond acceptors (Lipinski definition) is 4. The Bertz CT molecular complexity index is 1320. The maximum Gasteiger partial charge on any atom is 0.338 e. The van der Waals surface area contributed by atoms with E-state index in [4.69, 9.17) is 16.3 Å². The van der Waals surface area contributed by atoms with Crippen LogP contribution in [-0.4, -0.2) is 31.8 Å². The van der Waals surface area contributed by atoms with Gasteiger partial charge in [-0.25, -0.2) is 13.2 Å². The topological polar surface area (TPSA) is 63.7 Å². The Balaban J connectivity index is 1.60. The Labute approximate surface area is 234 Å². The number of carbonyl (C=O) groups is 1. The van der Waals surface area contributed by atoms with Crippen molar-refractivity contribution in [3.63, 3.8) is 0 Å². The standard InChI is InChI=1S/C27H26Br2ClNO4S/c1-18-12-14-31(15-13-18)36(33,34)26-17-21(6-11-24(26)29)27(32)35-25(20-4-9-23(30)10-5-20)16-19-2-7-22(28)8-3-19/h2-11,17-18,25H,12-16H2,1H3. The maximum absolute atomic E-state index is 13.4.